The molecule has 3 unspecified atom stereocenters. The van der Waals surface area contributed by atoms with Crippen molar-refractivity contribution in [3.8, 4) is 0 Å². The molecule has 5 heteroatoms. The van der Waals surface area contributed by atoms with Crippen LogP contribution in [0, 0.1) is 0 Å². The maximum absolute atomic E-state index is 11.8. The zero-order chi connectivity index (χ0) is 15.6. The fourth-order valence-electron chi connectivity index (χ4n) is 4.08. The average molecular weight is 297 g/mol. The fourth-order valence-corrected chi connectivity index (χ4v) is 4.08. The Morgan fingerprint density at radius 2 is 2.10 bits per heavy atom. The van der Waals surface area contributed by atoms with Gasteiger partial charge in [-0.1, -0.05) is 0 Å². The van der Waals surface area contributed by atoms with E-state index in [4.69, 9.17) is 0 Å². The molecule has 21 heavy (non-hydrogen) atoms. The molecule has 5 nitrogen and oxygen atoms in total. The van der Waals surface area contributed by atoms with Crippen molar-refractivity contribution in [3.63, 3.8) is 0 Å². The van der Waals surface area contributed by atoms with Crippen molar-refractivity contribution in [1.29, 1.82) is 0 Å². The van der Waals surface area contributed by atoms with Gasteiger partial charge in [0.05, 0.1) is 0 Å². The smallest absolute Gasteiger partial charge is 0.323 e. The summed E-state index contributed by atoms with van der Waals surface area (Å²) >= 11 is 0. The Labute approximate surface area is 128 Å². The van der Waals surface area contributed by atoms with Gasteiger partial charge in [-0.3, -0.25) is 15.0 Å². The SMILES string of the molecule is CC(C)NC1(C(=O)O)CCC(N(C)C2CCCN(C)C2)C1. The normalized spacial score (nSPS) is 34.8. The van der Waals surface area contributed by atoms with E-state index >= 15 is 0 Å². The molecule has 0 radical (unpaired) electrons. The molecule has 3 atom stereocenters. The van der Waals surface area contributed by atoms with Crippen molar-refractivity contribution in [2.75, 3.05) is 27.2 Å². The van der Waals surface area contributed by atoms with E-state index in [1.807, 2.05) is 13.8 Å². The molecule has 0 spiro atoms. The molecule has 0 aromatic heterocycles. The highest BCUT2D eigenvalue weighted by Gasteiger charge is 2.47. The van der Waals surface area contributed by atoms with Crippen LogP contribution in [0.5, 0.6) is 0 Å². The first-order valence-electron chi connectivity index (χ1n) is 8.25. The number of rotatable bonds is 5. The third kappa shape index (κ3) is 3.76. The number of likely N-dealkylation sites (tertiary alicyclic amines) is 1. The van der Waals surface area contributed by atoms with Crippen LogP contribution in [0.3, 0.4) is 0 Å². The number of carbonyl (C=O) groups is 1. The predicted molar refractivity (Wildman–Crippen MR) is 84.6 cm³/mol. The summed E-state index contributed by atoms with van der Waals surface area (Å²) in [6, 6.07) is 1.15. The number of hydrogen-bond acceptors (Lipinski definition) is 4. The molecule has 1 aliphatic heterocycles. The first-order chi connectivity index (χ1) is 9.84. The Balaban J connectivity index is 2.01. The van der Waals surface area contributed by atoms with Gasteiger partial charge in [-0.2, -0.15) is 0 Å². The van der Waals surface area contributed by atoms with Gasteiger partial charge in [-0.25, -0.2) is 0 Å². The first-order valence-corrected chi connectivity index (χ1v) is 8.25. The number of nitrogens with zero attached hydrogens (tertiary/aromatic N) is 2. The molecule has 1 heterocycles. The highest BCUT2D eigenvalue weighted by atomic mass is 16.4. The zero-order valence-electron chi connectivity index (χ0n) is 13.9. The summed E-state index contributed by atoms with van der Waals surface area (Å²) in [7, 11) is 4.36. The fraction of sp³-hybridized carbons (Fsp3) is 0.938. The topological polar surface area (TPSA) is 55.8 Å². The second kappa shape index (κ2) is 6.63. The van der Waals surface area contributed by atoms with E-state index < -0.39 is 11.5 Å². The lowest BCUT2D eigenvalue weighted by molar-refractivity contribution is -0.145. The Bertz CT molecular complexity index is 375. The number of carboxylic acids is 1. The summed E-state index contributed by atoms with van der Waals surface area (Å²) in [5.74, 6) is -0.687. The van der Waals surface area contributed by atoms with Gasteiger partial charge >= 0.3 is 5.97 Å². The molecule has 2 rings (SSSR count). The van der Waals surface area contributed by atoms with Gasteiger partial charge in [0.2, 0.25) is 0 Å². The van der Waals surface area contributed by atoms with Crippen LogP contribution >= 0.6 is 0 Å². The van der Waals surface area contributed by atoms with Gasteiger partial charge in [0.15, 0.2) is 0 Å². The van der Waals surface area contributed by atoms with Crippen LogP contribution < -0.4 is 5.32 Å². The average Bonchev–Trinajstić information content (AvgIpc) is 2.82. The molecule has 122 valence electrons. The molecule has 2 fully saturated rings. The molecule has 1 aliphatic carbocycles. The molecule has 1 saturated carbocycles. The molecule has 1 saturated heterocycles. The maximum Gasteiger partial charge on any atom is 0.323 e. The third-order valence-corrected chi connectivity index (χ3v) is 5.21. The minimum Gasteiger partial charge on any atom is -0.480 e. The van der Waals surface area contributed by atoms with Gasteiger partial charge in [0, 0.05) is 24.7 Å². The molecular formula is C16H31N3O2. The van der Waals surface area contributed by atoms with Gasteiger partial charge in [-0.15, -0.1) is 0 Å². The van der Waals surface area contributed by atoms with Crippen molar-refractivity contribution >= 4 is 5.97 Å². The molecule has 0 aromatic rings. The highest BCUT2D eigenvalue weighted by Crippen LogP contribution is 2.35. The molecule has 0 amide bonds. The predicted octanol–water partition coefficient (Wildman–Crippen LogP) is 1.39. The largest absolute Gasteiger partial charge is 0.480 e. The van der Waals surface area contributed by atoms with Crippen LogP contribution in [-0.2, 0) is 4.79 Å². The quantitative estimate of drug-likeness (QED) is 0.803. The van der Waals surface area contributed by atoms with Crippen LogP contribution in [0.2, 0.25) is 0 Å². The van der Waals surface area contributed by atoms with E-state index in [2.05, 4.69) is 29.2 Å². The Kier molecular flexibility index (Phi) is 5.28. The summed E-state index contributed by atoms with van der Waals surface area (Å²) in [5.41, 5.74) is -0.729. The third-order valence-electron chi connectivity index (χ3n) is 5.21. The van der Waals surface area contributed by atoms with E-state index in [1.54, 1.807) is 0 Å². The van der Waals surface area contributed by atoms with E-state index in [9.17, 15) is 9.90 Å². The summed E-state index contributed by atoms with van der Waals surface area (Å²) in [4.78, 5) is 16.6. The van der Waals surface area contributed by atoms with Crippen LogP contribution in [0.4, 0.5) is 0 Å². The number of likely N-dealkylation sites (N-methyl/N-ethyl adjacent to an activating group) is 2. The van der Waals surface area contributed by atoms with Gasteiger partial charge in [0.25, 0.3) is 0 Å². The van der Waals surface area contributed by atoms with Crippen molar-refractivity contribution in [1.82, 2.24) is 15.1 Å². The highest BCUT2D eigenvalue weighted by molar-refractivity contribution is 5.79. The van der Waals surface area contributed by atoms with E-state index in [0.717, 1.165) is 25.8 Å². The summed E-state index contributed by atoms with van der Waals surface area (Å²) in [5, 5.41) is 13.0. The minimum atomic E-state index is -0.729. The number of hydrogen-bond donors (Lipinski definition) is 2. The zero-order valence-corrected chi connectivity index (χ0v) is 13.9. The van der Waals surface area contributed by atoms with Gasteiger partial charge < -0.3 is 10.0 Å². The number of piperidine rings is 1. The Morgan fingerprint density at radius 1 is 1.38 bits per heavy atom. The maximum atomic E-state index is 11.8. The van der Waals surface area contributed by atoms with Gasteiger partial charge in [0.1, 0.15) is 5.54 Å². The van der Waals surface area contributed by atoms with E-state index in [0.29, 0.717) is 12.1 Å². The standard InChI is InChI=1S/C16H31N3O2/c1-12(2)17-16(15(20)21)8-7-13(10-16)19(4)14-6-5-9-18(3)11-14/h12-14,17H,5-11H2,1-4H3,(H,20,21). The monoisotopic (exact) mass is 297 g/mol. The summed E-state index contributed by atoms with van der Waals surface area (Å²) in [6.07, 6.45) is 4.90. The lowest BCUT2D eigenvalue weighted by atomic mass is 9.95. The first kappa shape index (κ1) is 16.7. The number of carboxylic acid groups (broad SMARTS) is 1. The number of aliphatic carboxylic acids is 1. The Morgan fingerprint density at radius 3 is 2.67 bits per heavy atom. The van der Waals surface area contributed by atoms with Crippen molar-refractivity contribution in [2.45, 2.75) is 69.6 Å². The molecule has 2 aliphatic rings. The van der Waals surface area contributed by atoms with Crippen molar-refractivity contribution < 1.29 is 9.90 Å². The number of nitrogens with one attached hydrogen (secondary N) is 1. The van der Waals surface area contributed by atoms with Crippen LogP contribution in [0.25, 0.3) is 0 Å². The van der Waals surface area contributed by atoms with Crippen LogP contribution in [0.15, 0.2) is 0 Å². The van der Waals surface area contributed by atoms with Crippen molar-refractivity contribution in [2.24, 2.45) is 0 Å². The minimum absolute atomic E-state index is 0.200. The lowest BCUT2D eigenvalue weighted by Crippen LogP contribution is -2.55. The summed E-state index contributed by atoms with van der Waals surface area (Å²) in [6.45, 7) is 6.34. The Hall–Kier alpha value is -0.650. The van der Waals surface area contributed by atoms with Crippen molar-refractivity contribution in [3.05, 3.63) is 0 Å². The molecule has 0 bridgehead atoms. The van der Waals surface area contributed by atoms with Crippen LogP contribution in [-0.4, -0.2) is 71.7 Å². The molecular weight excluding hydrogens is 266 g/mol. The van der Waals surface area contributed by atoms with E-state index in [1.165, 1.54) is 19.4 Å². The molecule has 2 N–H and O–H groups in total. The van der Waals surface area contributed by atoms with Gasteiger partial charge in [-0.05, 0) is 66.6 Å². The van der Waals surface area contributed by atoms with E-state index in [-0.39, 0.29) is 6.04 Å². The molecule has 0 aromatic carbocycles. The van der Waals surface area contributed by atoms with Crippen LogP contribution in [0.1, 0.15) is 46.0 Å². The second-order valence-corrected chi connectivity index (χ2v) is 7.31. The lowest BCUT2D eigenvalue weighted by Gasteiger charge is -2.39. The summed E-state index contributed by atoms with van der Waals surface area (Å²) < 4.78 is 0. The second-order valence-electron chi connectivity index (χ2n) is 7.31.